The monoisotopic (exact) mass is 404 g/mol. The van der Waals surface area contributed by atoms with E-state index >= 15 is 0 Å². The number of aliphatic imine (C=N–C) groups is 1. The van der Waals surface area contributed by atoms with Gasteiger partial charge in [-0.05, 0) is 43.4 Å². The third-order valence-corrected chi connectivity index (χ3v) is 4.80. The standard InChI is InChI=1S/C22H36N4O3/c1-3-4-12-24-21(27)19-10-8-18(9-11-19)16-26-22(23-2)25-13-6-14-28-17-20-7-5-15-29-20/h8-11,20H,3-7,12-17H2,1-2H3,(H,24,27)(H2,23,25,26). The second-order valence-corrected chi connectivity index (χ2v) is 7.22. The first kappa shape index (κ1) is 23.2. The summed E-state index contributed by atoms with van der Waals surface area (Å²) in [7, 11) is 1.76. The van der Waals surface area contributed by atoms with Gasteiger partial charge in [-0.15, -0.1) is 0 Å². The molecule has 0 saturated carbocycles. The van der Waals surface area contributed by atoms with Crippen molar-refractivity contribution in [2.24, 2.45) is 4.99 Å². The van der Waals surface area contributed by atoms with Crippen LogP contribution in [-0.2, 0) is 16.0 Å². The molecule has 1 aromatic rings. The molecule has 0 aromatic heterocycles. The highest BCUT2D eigenvalue weighted by Crippen LogP contribution is 2.11. The molecular weight excluding hydrogens is 368 g/mol. The van der Waals surface area contributed by atoms with Gasteiger partial charge in [-0.1, -0.05) is 25.5 Å². The Morgan fingerprint density at radius 1 is 1.17 bits per heavy atom. The second kappa shape index (κ2) is 14.0. The Morgan fingerprint density at radius 2 is 1.97 bits per heavy atom. The van der Waals surface area contributed by atoms with Crippen LogP contribution in [0.15, 0.2) is 29.3 Å². The van der Waals surface area contributed by atoms with Gasteiger partial charge in [0.2, 0.25) is 0 Å². The molecule has 1 unspecified atom stereocenters. The van der Waals surface area contributed by atoms with Crippen molar-refractivity contribution < 1.29 is 14.3 Å². The molecule has 1 fully saturated rings. The summed E-state index contributed by atoms with van der Waals surface area (Å²) < 4.78 is 11.2. The van der Waals surface area contributed by atoms with E-state index in [4.69, 9.17) is 9.47 Å². The number of carbonyl (C=O) groups excluding carboxylic acids is 1. The maximum atomic E-state index is 12.0. The fraction of sp³-hybridized carbons (Fsp3) is 0.636. The summed E-state index contributed by atoms with van der Waals surface area (Å²) in [5.74, 6) is 0.739. The molecule has 1 aliphatic rings. The molecule has 1 amide bonds. The van der Waals surface area contributed by atoms with Crippen molar-refractivity contribution in [3.05, 3.63) is 35.4 Å². The topological polar surface area (TPSA) is 84.0 Å². The zero-order valence-corrected chi connectivity index (χ0v) is 17.8. The minimum absolute atomic E-state index is 0.0165. The molecule has 1 saturated heterocycles. The van der Waals surface area contributed by atoms with E-state index in [2.05, 4.69) is 27.9 Å². The summed E-state index contributed by atoms with van der Waals surface area (Å²) in [6.45, 7) is 6.55. The number of nitrogens with zero attached hydrogens (tertiary/aromatic N) is 1. The van der Waals surface area contributed by atoms with Gasteiger partial charge in [-0.2, -0.15) is 0 Å². The number of benzene rings is 1. The van der Waals surface area contributed by atoms with E-state index in [-0.39, 0.29) is 12.0 Å². The molecule has 0 radical (unpaired) electrons. The molecule has 0 spiro atoms. The molecule has 7 nitrogen and oxygen atoms in total. The molecule has 0 aliphatic carbocycles. The van der Waals surface area contributed by atoms with Gasteiger partial charge in [0.05, 0.1) is 12.7 Å². The minimum Gasteiger partial charge on any atom is -0.379 e. The molecule has 1 aliphatic heterocycles. The third-order valence-electron chi connectivity index (χ3n) is 4.80. The van der Waals surface area contributed by atoms with Crippen LogP contribution in [0.5, 0.6) is 0 Å². The summed E-state index contributed by atoms with van der Waals surface area (Å²) in [6, 6.07) is 7.65. The number of unbranched alkanes of at least 4 members (excludes halogenated alkanes) is 1. The van der Waals surface area contributed by atoms with Crippen LogP contribution >= 0.6 is 0 Å². The van der Waals surface area contributed by atoms with Crippen LogP contribution in [0.3, 0.4) is 0 Å². The van der Waals surface area contributed by atoms with E-state index in [1.54, 1.807) is 7.05 Å². The van der Waals surface area contributed by atoms with Crippen molar-refractivity contribution >= 4 is 11.9 Å². The molecule has 3 N–H and O–H groups in total. The minimum atomic E-state index is -0.0165. The average molecular weight is 405 g/mol. The smallest absolute Gasteiger partial charge is 0.251 e. The molecular formula is C22H36N4O3. The van der Waals surface area contributed by atoms with E-state index in [0.717, 1.165) is 63.3 Å². The molecule has 29 heavy (non-hydrogen) atoms. The largest absolute Gasteiger partial charge is 0.379 e. The lowest BCUT2D eigenvalue weighted by atomic mass is 10.1. The summed E-state index contributed by atoms with van der Waals surface area (Å²) >= 11 is 0. The molecule has 7 heteroatoms. The second-order valence-electron chi connectivity index (χ2n) is 7.22. The van der Waals surface area contributed by atoms with Crippen molar-refractivity contribution in [2.45, 2.75) is 51.7 Å². The summed E-state index contributed by atoms with van der Waals surface area (Å²) in [4.78, 5) is 16.3. The molecule has 1 aromatic carbocycles. The number of hydrogen-bond donors (Lipinski definition) is 3. The van der Waals surface area contributed by atoms with Crippen LogP contribution in [0.1, 0.15) is 54.9 Å². The third kappa shape index (κ3) is 9.28. The number of amides is 1. The molecule has 0 bridgehead atoms. The Bertz CT molecular complexity index is 613. The van der Waals surface area contributed by atoms with E-state index < -0.39 is 0 Å². The van der Waals surface area contributed by atoms with Crippen LogP contribution < -0.4 is 16.0 Å². The maximum Gasteiger partial charge on any atom is 0.251 e. The van der Waals surface area contributed by atoms with Gasteiger partial charge in [-0.25, -0.2) is 0 Å². The van der Waals surface area contributed by atoms with Gasteiger partial charge in [0.15, 0.2) is 5.96 Å². The van der Waals surface area contributed by atoms with Crippen LogP contribution in [-0.4, -0.2) is 57.9 Å². The molecule has 1 heterocycles. The van der Waals surface area contributed by atoms with Crippen molar-refractivity contribution in [2.75, 3.05) is 40.0 Å². The Balaban J connectivity index is 1.59. The van der Waals surface area contributed by atoms with Crippen LogP contribution in [0.2, 0.25) is 0 Å². The summed E-state index contributed by atoms with van der Waals surface area (Å²) in [5, 5.41) is 9.51. The Labute approximate surface area is 174 Å². The first-order chi connectivity index (χ1) is 14.2. The van der Waals surface area contributed by atoms with Gasteiger partial charge in [0.1, 0.15) is 0 Å². The fourth-order valence-electron chi connectivity index (χ4n) is 3.03. The number of hydrogen-bond acceptors (Lipinski definition) is 4. The quantitative estimate of drug-likeness (QED) is 0.283. The molecule has 1 atom stereocenters. The van der Waals surface area contributed by atoms with Gasteiger partial charge >= 0.3 is 0 Å². The number of carbonyl (C=O) groups is 1. The van der Waals surface area contributed by atoms with Gasteiger partial charge in [0, 0.05) is 45.5 Å². The highest BCUT2D eigenvalue weighted by atomic mass is 16.5. The maximum absolute atomic E-state index is 12.0. The van der Waals surface area contributed by atoms with Gasteiger partial charge in [0.25, 0.3) is 5.91 Å². The highest BCUT2D eigenvalue weighted by molar-refractivity contribution is 5.94. The van der Waals surface area contributed by atoms with Crippen molar-refractivity contribution in [3.63, 3.8) is 0 Å². The van der Waals surface area contributed by atoms with E-state index in [1.165, 1.54) is 0 Å². The van der Waals surface area contributed by atoms with Crippen molar-refractivity contribution in [1.29, 1.82) is 0 Å². The number of guanidine groups is 1. The lowest BCUT2D eigenvalue weighted by Crippen LogP contribution is -2.37. The highest BCUT2D eigenvalue weighted by Gasteiger charge is 2.14. The summed E-state index contributed by atoms with van der Waals surface area (Å²) in [5.41, 5.74) is 1.79. The predicted molar refractivity (Wildman–Crippen MR) is 116 cm³/mol. The van der Waals surface area contributed by atoms with E-state index in [1.807, 2.05) is 24.3 Å². The Kier molecular flexibility index (Phi) is 11.1. The Hall–Kier alpha value is -2.12. The molecule has 2 rings (SSSR count). The number of nitrogens with one attached hydrogen (secondary N) is 3. The van der Waals surface area contributed by atoms with Crippen molar-refractivity contribution in [3.8, 4) is 0 Å². The van der Waals surface area contributed by atoms with Crippen molar-refractivity contribution in [1.82, 2.24) is 16.0 Å². The normalized spacial score (nSPS) is 16.6. The van der Waals surface area contributed by atoms with Crippen LogP contribution in [0, 0.1) is 0 Å². The Morgan fingerprint density at radius 3 is 2.66 bits per heavy atom. The van der Waals surface area contributed by atoms with Crippen LogP contribution in [0.25, 0.3) is 0 Å². The predicted octanol–water partition coefficient (Wildman–Crippen LogP) is 2.47. The average Bonchev–Trinajstić information content (AvgIpc) is 3.26. The van der Waals surface area contributed by atoms with Crippen LogP contribution in [0.4, 0.5) is 0 Å². The lowest BCUT2D eigenvalue weighted by Gasteiger charge is -2.13. The summed E-state index contributed by atoms with van der Waals surface area (Å²) in [6.07, 6.45) is 5.52. The van der Waals surface area contributed by atoms with E-state index in [9.17, 15) is 4.79 Å². The van der Waals surface area contributed by atoms with E-state index in [0.29, 0.717) is 25.3 Å². The first-order valence-electron chi connectivity index (χ1n) is 10.7. The number of rotatable bonds is 12. The van der Waals surface area contributed by atoms with Gasteiger partial charge in [-0.3, -0.25) is 9.79 Å². The zero-order valence-electron chi connectivity index (χ0n) is 17.8. The van der Waals surface area contributed by atoms with Gasteiger partial charge < -0.3 is 25.4 Å². The lowest BCUT2D eigenvalue weighted by molar-refractivity contribution is 0.0168. The number of ether oxygens (including phenoxy) is 2. The first-order valence-corrected chi connectivity index (χ1v) is 10.7. The zero-order chi connectivity index (χ0) is 20.7. The fourth-order valence-corrected chi connectivity index (χ4v) is 3.03. The SMILES string of the molecule is CCCCNC(=O)c1ccc(CNC(=NC)NCCCOCC2CCCO2)cc1. The molecule has 162 valence electrons.